The van der Waals surface area contributed by atoms with Crippen LogP contribution in [-0.2, 0) is 0 Å². The normalized spacial score (nSPS) is 11.0. The van der Waals surface area contributed by atoms with E-state index in [1.165, 1.54) is 6.92 Å². The molecule has 0 radical (unpaired) electrons. The molecule has 0 aliphatic heterocycles. The highest BCUT2D eigenvalue weighted by atomic mass is 16.2. The molecule has 0 unspecified atom stereocenters. The maximum absolute atomic E-state index is 12.6. The van der Waals surface area contributed by atoms with Crippen molar-refractivity contribution < 1.29 is 9.59 Å². The maximum Gasteiger partial charge on any atom is 0.321 e. The van der Waals surface area contributed by atoms with Gasteiger partial charge >= 0.3 is 6.03 Å². The summed E-state index contributed by atoms with van der Waals surface area (Å²) in [6, 6.07) is 6.95. The van der Waals surface area contributed by atoms with E-state index in [4.69, 9.17) is 0 Å². The molecule has 0 aliphatic carbocycles. The zero-order chi connectivity index (χ0) is 18.1. The molecule has 24 heavy (non-hydrogen) atoms. The number of carbonyl (C=O) groups is 2. The van der Waals surface area contributed by atoms with E-state index in [9.17, 15) is 9.59 Å². The molecule has 0 aliphatic rings. The first-order valence-corrected chi connectivity index (χ1v) is 8.76. The molecule has 1 N–H and O–H groups in total. The minimum absolute atomic E-state index is 0.00771. The van der Waals surface area contributed by atoms with E-state index >= 15 is 0 Å². The molecule has 1 rings (SSSR count). The lowest BCUT2D eigenvalue weighted by molar-refractivity contribution is 0.101. The fourth-order valence-electron chi connectivity index (χ4n) is 2.54. The third kappa shape index (κ3) is 6.71. The Morgan fingerprint density at radius 1 is 1.12 bits per heavy atom. The van der Waals surface area contributed by atoms with Gasteiger partial charge in [0.05, 0.1) is 0 Å². The van der Waals surface area contributed by atoms with Crippen LogP contribution in [-0.4, -0.2) is 54.3 Å². The van der Waals surface area contributed by atoms with Gasteiger partial charge < -0.3 is 15.1 Å². The Bertz CT molecular complexity index is 539. The SMILES string of the molecule is CCN(CC)CCN(CC(C)C)C(=O)Nc1cccc(C(C)=O)c1. The minimum atomic E-state index is -0.114. The zero-order valence-corrected chi connectivity index (χ0v) is 15.6. The predicted molar refractivity (Wildman–Crippen MR) is 99.7 cm³/mol. The van der Waals surface area contributed by atoms with Gasteiger partial charge in [0, 0.05) is 30.9 Å². The molecule has 0 saturated heterocycles. The van der Waals surface area contributed by atoms with Crippen LogP contribution in [0.25, 0.3) is 0 Å². The first-order valence-electron chi connectivity index (χ1n) is 8.76. The molecule has 1 aromatic rings. The monoisotopic (exact) mass is 333 g/mol. The van der Waals surface area contributed by atoms with Crippen LogP contribution in [0.4, 0.5) is 10.5 Å². The molecule has 0 bridgehead atoms. The van der Waals surface area contributed by atoms with Crippen molar-refractivity contribution in [3.05, 3.63) is 29.8 Å². The number of Topliss-reactive ketones (excluding diaryl/α,β-unsaturated/α-hetero) is 1. The number of hydrogen-bond acceptors (Lipinski definition) is 3. The summed E-state index contributed by atoms with van der Waals surface area (Å²) in [5.74, 6) is 0.391. The van der Waals surface area contributed by atoms with Crippen LogP contribution >= 0.6 is 0 Å². The molecule has 0 saturated carbocycles. The molecule has 0 spiro atoms. The molecular formula is C19H31N3O2. The van der Waals surface area contributed by atoms with E-state index in [1.54, 1.807) is 18.2 Å². The third-order valence-corrected chi connectivity index (χ3v) is 3.97. The number of benzene rings is 1. The highest BCUT2D eigenvalue weighted by molar-refractivity contribution is 5.96. The topological polar surface area (TPSA) is 52.6 Å². The van der Waals surface area contributed by atoms with Crippen LogP contribution in [0.1, 0.15) is 45.0 Å². The van der Waals surface area contributed by atoms with Gasteiger partial charge in [0.25, 0.3) is 0 Å². The Hall–Kier alpha value is -1.88. The first kappa shape index (κ1) is 20.2. The number of amides is 2. The van der Waals surface area contributed by atoms with Gasteiger partial charge in [0.2, 0.25) is 0 Å². The number of anilines is 1. The molecule has 5 heteroatoms. The molecule has 0 heterocycles. The minimum Gasteiger partial charge on any atom is -0.323 e. The second-order valence-electron chi connectivity index (χ2n) is 6.43. The molecule has 5 nitrogen and oxygen atoms in total. The van der Waals surface area contributed by atoms with Gasteiger partial charge in [-0.15, -0.1) is 0 Å². The van der Waals surface area contributed by atoms with Crippen LogP contribution in [0, 0.1) is 5.92 Å². The average Bonchev–Trinajstić information content (AvgIpc) is 2.54. The molecule has 0 atom stereocenters. The smallest absolute Gasteiger partial charge is 0.321 e. The molecule has 0 fully saturated rings. The van der Waals surface area contributed by atoms with Gasteiger partial charge in [-0.1, -0.05) is 39.8 Å². The molecule has 134 valence electrons. The number of urea groups is 1. The fourth-order valence-corrected chi connectivity index (χ4v) is 2.54. The Balaban J connectivity index is 2.76. The number of rotatable bonds is 9. The van der Waals surface area contributed by atoms with Gasteiger partial charge in [-0.05, 0) is 38.1 Å². The van der Waals surface area contributed by atoms with Crippen LogP contribution < -0.4 is 5.32 Å². The number of hydrogen-bond donors (Lipinski definition) is 1. The molecule has 2 amide bonds. The molecule has 1 aromatic carbocycles. The van der Waals surface area contributed by atoms with Crippen LogP contribution in [0.5, 0.6) is 0 Å². The van der Waals surface area contributed by atoms with E-state index in [2.05, 4.69) is 37.9 Å². The number of likely N-dealkylation sites (N-methyl/N-ethyl adjacent to an activating group) is 1. The van der Waals surface area contributed by atoms with Crippen molar-refractivity contribution >= 4 is 17.5 Å². The summed E-state index contributed by atoms with van der Waals surface area (Å²) in [7, 11) is 0. The number of nitrogens with one attached hydrogen (secondary N) is 1. The summed E-state index contributed by atoms with van der Waals surface area (Å²) in [4.78, 5) is 28.3. The van der Waals surface area contributed by atoms with Crippen molar-refractivity contribution in [3.8, 4) is 0 Å². The van der Waals surface area contributed by atoms with Crippen molar-refractivity contribution in [1.82, 2.24) is 9.80 Å². The summed E-state index contributed by atoms with van der Waals surface area (Å²) in [6.45, 7) is 14.2. The third-order valence-electron chi connectivity index (χ3n) is 3.97. The largest absolute Gasteiger partial charge is 0.323 e. The lowest BCUT2D eigenvalue weighted by Gasteiger charge is -2.28. The van der Waals surface area contributed by atoms with E-state index in [1.807, 2.05) is 11.0 Å². The summed E-state index contributed by atoms with van der Waals surface area (Å²) in [5.41, 5.74) is 1.26. The van der Waals surface area contributed by atoms with Gasteiger partial charge in [0.15, 0.2) is 5.78 Å². The Morgan fingerprint density at radius 2 is 1.79 bits per heavy atom. The van der Waals surface area contributed by atoms with E-state index < -0.39 is 0 Å². The highest BCUT2D eigenvalue weighted by Gasteiger charge is 2.16. The summed E-state index contributed by atoms with van der Waals surface area (Å²) in [5, 5.41) is 2.92. The Labute approximate surface area is 146 Å². The molecule has 0 aromatic heterocycles. The number of nitrogens with zero attached hydrogens (tertiary/aromatic N) is 2. The van der Waals surface area contributed by atoms with Crippen molar-refractivity contribution in [2.45, 2.75) is 34.6 Å². The molecular weight excluding hydrogens is 302 g/mol. The Kier molecular flexibility index (Phi) is 8.47. The lowest BCUT2D eigenvalue weighted by atomic mass is 10.1. The van der Waals surface area contributed by atoms with Crippen LogP contribution in [0.2, 0.25) is 0 Å². The van der Waals surface area contributed by atoms with Gasteiger partial charge in [0.1, 0.15) is 0 Å². The standard InChI is InChI=1S/C19H31N3O2/c1-6-21(7-2)11-12-22(14-15(3)4)19(24)20-18-10-8-9-17(13-18)16(5)23/h8-10,13,15H,6-7,11-12,14H2,1-5H3,(H,20,24). The summed E-state index contributed by atoms with van der Waals surface area (Å²) >= 11 is 0. The summed E-state index contributed by atoms with van der Waals surface area (Å²) < 4.78 is 0. The van der Waals surface area contributed by atoms with Gasteiger partial charge in [-0.3, -0.25) is 4.79 Å². The first-order chi connectivity index (χ1) is 11.4. The van der Waals surface area contributed by atoms with Crippen molar-refractivity contribution in [2.24, 2.45) is 5.92 Å². The maximum atomic E-state index is 12.6. The van der Waals surface area contributed by atoms with Crippen molar-refractivity contribution in [3.63, 3.8) is 0 Å². The van der Waals surface area contributed by atoms with E-state index in [-0.39, 0.29) is 11.8 Å². The quantitative estimate of drug-likeness (QED) is 0.701. The van der Waals surface area contributed by atoms with Crippen LogP contribution in [0.3, 0.4) is 0 Å². The zero-order valence-electron chi connectivity index (χ0n) is 15.6. The average molecular weight is 333 g/mol. The summed E-state index contributed by atoms with van der Waals surface area (Å²) in [6.07, 6.45) is 0. The Morgan fingerprint density at radius 3 is 2.33 bits per heavy atom. The van der Waals surface area contributed by atoms with E-state index in [0.717, 1.165) is 19.6 Å². The second-order valence-corrected chi connectivity index (χ2v) is 6.43. The van der Waals surface area contributed by atoms with E-state index in [0.29, 0.717) is 30.3 Å². The number of ketones is 1. The van der Waals surface area contributed by atoms with Crippen molar-refractivity contribution in [2.75, 3.05) is 38.0 Å². The highest BCUT2D eigenvalue weighted by Crippen LogP contribution is 2.12. The lowest BCUT2D eigenvalue weighted by Crippen LogP contribution is -2.42. The van der Waals surface area contributed by atoms with Crippen LogP contribution in [0.15, 0.2) is 24.3 Å². The van der Waals surface area contributed by atoms with Crippen molar-refractivity contribution in [1.29, 1.82) is 0 Å². The predicted octanol–water partition coefficient (Wildman–Crippen LogP) is 3.72. The second kappa shape index (κ2) is 10.1. The van der Waals surface area contributed by atoms with Gasteiger partial charge in [-0.25, -0.2) is 4.79 Å². The fraction of sp³-hybridized carbons (Fsp3) is 0.579. The van der Waals surface area contributed by atoms with Gasteiger partial charge in [-0.2, -0.15) is 0 Å². The number of carbonyl (C=O) groups excluding carboxylic acids is 2.